The van der Waals surface area contributed by atoms with Gasteiger partial charge in [-0.3, -0.25) is 4.79 Å². The van der Waals surface area contributed by atoms with Gasteiger partial charge in [-0.15, -0.1) is 11.3 Å². The molecule has 120 valence electrons. The van der Waals surface area contributed by atoms with E-state index in [1.807, 2.05) is 6.07 Å². The van der Waals surface area contributed by atoms with Gasteiger partial charge in [0.25, 0.3) is 0 Å². The number of carboxylic acid groups (broad SMARTS) is 1. The lowest BCUT2D eigenvalue weighted by atomic mass is 10.1. The molecule has 1 aromatic heterocycles. The van der Waals surface area contributed by atoms with Gasteiger partial charge in [0, 0.05) is 18.3 Å². The summed E-state index contributed by atoms with van der Waals surface area (Å²) in [5, 5.41) is 13.8. The van der Waals surface area contributed by atoms with Crippen LogP contribution in [0, 0.1) is 0 Å². The molecule has 8 heteroatoms. The molecule has 0 aliphatic carbocycles. The summed E-state index contributed by atoms with van der Waals surface area (Å²) in [7, 11) is 0. The Morgan fingerprint density at radius 3 is 2.91 bits per heavy atom. The van der Waals surface area contributed by atoms with Crippen LogP contribution in [0.25, 0.3) is 0 Å². The van der Waals surface area contributed by atoms with Gasteiger partial charge in [0.2, 0.25) is 12.7 Å². The average molecular weight is 334 g/mol. The number of carboxylic acids is 1. The Morgan fingerprint density at radius 1 is 1.30 bits per heavy atom. The number of rotatable bonds is 6. The van der Waals surface area contributed by atoms with Crippen molar-refractivity contribution in [1.29, 1.82) is 0 Å². The largest absolute Gasteiger partial charge is 0.476 e. The summed E-state index contributed by atoms with van der Waals surface area (Å²) in [4.78, 5) is 26.6. The molecule has 1 aliphatic heterocycles. The third-order valence-corrected chi connectivity index (χ3v) is 4.14. The molecule has 1 amide bonds. The molecule has 0 radical (unpaired) electrons. The van der Waals surface area contributed by atoms with E-state index in [2.05, 4.69) is 10.3 Å². The maximum atomic E-state index is 11.9. The molecule has 0 saturated heterocycles. The molecule has 3 rings (SSSR count). The molecule has 1 aromatic carbocycles. The van der Waals surface area contributed by atoms with Gasteiger partial charge in [0.1, 0.15) is 0 Å². The van der Waals surface area contributed by atoms with Gasteiger partial charge >= 0.3 is 5.97 Å². The quantitative estimate of drug-likeness (QED) is 0.830. The highest BCUT2D eigenvalue weighted by molar-refractivity contribution is 7.09. The highest BCUT2D eigenvalue weighted by atomic mass is 32.1. The Morgan fingerprint density at radius 2 is 2.13 bits per heavy atom. The van der Waals surface area contributed by atoms with Crippen LogP contribution in [0.3, 0.4) is 0 Å². The van der Waals surface area contributed by atoms with Crippen LogP contribution in [0.4, 0.5) is 0 Å². The van der Waals surface area contributed by atoms with Gasteiger partial charge < -0.3 is 19.9 Å². The second-order valence-electron chi connectivity index (χ2n) is 4.90. The zero-order valence-corrected chi connectivity index (χ0v) is 12.9. The molecule has 2 aromatic rings. The first kappa shape index (κ1) is 15.3. The number of thiazole rings is 1. The van der Waals surface area contributed by atoms with Gasteiger partial charge in [-0.05, 0) is 17.7 Å². The fourth-order valence-electron chi connectivity index (χ4n) is 2.13. The van der Waals surface area contributed by atoms with Crippen molar-refractivity contribution in [3.8, 4) is 11.5 Å². The third kappa shape index (κ3) is 3.78. The van der Waals surface area contributed by atoms with Crippen LogP contribution < -0.4 is 14.8 Å². The molecule has 0 fully saturated rings. The van der Waals surface area contributed by atoms with Gasteiger partial charge in [0.05, 0.1) is 11.4 Å². The Bertz CT molecular complexity index is 743. The van der Waals surface area contributed by atoms with Gasteiger partial charge in [-0.2, -0.15) is 0 Å². The summed E-state index contributed by atoms with van der Waals surface area (Å²) >= 11 is 1.27. The zero-order chi connectivity index (χ0) is 16.2. The minimum atomic E-state index is -1.04. The minimum Gasteiger partial charge on any atom is -0.476 e. The van der Waals surface area contributed by atoms with Crippen LogP contribution >= 0.6 is 11.3 Å². The molecule has 1 aliphatic rings. The second-order valence-corrected chi connectivity index (χ2v) is 5.84. The molecule has 0 spiro atoms. The van der Waals surface area contributed by atoms with Crippen molar-refractivity contribution in [3.63, 3.8) is 0 Å². The molecule has 0 saturated carbocycles. The van der Waals surface area contributed by atoms with Crippen LogP contribution in [0.5, 0.6) is 11.5 Å². The molecule has 23 heavy (non-hydrogen) atoms. The Labute approximate surface area is 135 Å². The number of ether oxygens (including phenoxy) is 2. The predicted octanol–water partition coefficient (Wildman–Crippen LogP) is 1.47. The molecular weight excluding hydrogens is 320 g/mol. The van der Waals surface area contributed by atoms with Crippen LogP contribution in [-0.2, 0) is 17.6 Å². The van der Waals surface area contributed by atoms with E-state index in [1.165, 1.54) is 16.7 Å². The number of aromatic carboxylic acids is 1. The predicted molar refractivity (Wildman–Crippen MR) is 82.1 cm³/mol. The Hall–Kier alpha value is -2.61. The van der Waals surface area contributed by atoms with Gasteiger partial charge in [0.15, 0.2) is 17.2 Å². The average Bonchev–Trinajstić information content (AvgIpc) is 3.15. The summed E-state index contributed by atoms with van der Waals surface area (Å²) in [6, 6.07) is 5.41. The summed E-state index contributed by atoms with van der Waals surface area (Å²) in [6.07, 6.45) is 0.750. The number of fused-ring (bicyclic) bond motifs is 1. The molecular formula is C15H14N2O5S. The first-order chi connectivity index (χ1) is 11.1. The highest BCUT2D eigenvalue weighted by Gasteiger charge is 2.14. The third-order valence-electron chi connectivity index (χ3n) is 3.23. The molecule has 0 unspecified atom stereocenters. The monoisotopic (exact) mass is 334 g/mol. The van der Waals surface area contributed by atoms with Crippen LogP contribution in [0.2, 0.25) is 0 Å². The number of aromatic nitrogens is 1. The van der Waals surface area contributed by atoms with E-state index in [9.17, 15) is 9.59 Å². The number of hydrogen-bond donors (Lipinski definition) is 2. The number of hydrogen-bond acceptors (Lipinski definition) is 6. The van der Waals surface area contributed by atoms with Crippen molar-refractivity contribution in [1.82, 2.24) is 10.3 Å². The van der Waals surface area contributed by atoms with Crippen molar-refractivity contribution >= 4 is 23.2 Å². The molecule has 2 heterocycles. The number of benzene rings is 1. The van der Waals surface area contributed by atoms with E-state index in [4.69, 9.17) is 14.6 Å². The van der Waals surface area contributed by atoms with Crippen molar-refractivity contribution < 1.29 is 24.2 Å². The lowest BCUT2D eigenvalue weighted by Gasteiger charge is -2.05. The molecule has 7 nitrogen and oxygen atoms in total. The molecule has 2 N–H and O–H groups in total. The van der Waals surface area contributed by atoms with E-state index >= 15 is 0 Å². The fraction of sp³-hybridized carbons (Fsp3) is 0.267. The van der Waals surface area contributed by atoms with Gasteiger partial charge in [-0.25, -0.2) is 9.78 Å². The normalized spacial score (nSPS) is 12.2. The summed E-state index contributed by atoms with van der Waals surface area (Å²) in [5.74, 6) is 0.185. The first-order valence-corrected chi connectivity index (χ1v) is 7.83. The van der Waals surface area contributed by atoms with Crippen molar-refractivity contribution in [2.45, 2.75) is 12.8 Å². The van der Waals surface area contributed by atoms with Crippen LogP contribution in [-0.4, -0.2) is 35.3 Å². The first-order valence-electron chi connectivity index (χ1n) is 6.95. The zero-order valence-electron chi connectivity index (χ0n) is 12.1. The number of nitrogens with one attached hydrogen (secondary N) is 1. The number of amides is 1. The fourth-order valence-corrected chi connectivity index (χ4v) is 2.90. The maximum Gasteiger partial charge on any atom is 0.355 e. The van der Waals surface area contributed by atoms with Crippen molar-refractivity contribution in [2.75, 3.05) is 13.3 Å². The lowest BCUT2D eigenvalue weighted by molar-refractivity contribution is -0.120. The second kappa shape index (κ2) is 6.66. The molecule has 0 atom stereocenters. The number of carbonyl (C=O) groups excluding carboxylic acids is 1. The van der Waals surface area contributed by atoms with Crippen molar-refractivity contribution in [2.24, 2.45) is 0 Å². The highest BCUT2D eigenvalue weighted by Crippen LogP contribution is 2.32. The minimum absolute atomic E-state index is 0.0386. The van der Waals surface area contributed by atoms with Crippen LogP contribution in [0.1, 0.15) is 21.1 Å². The van der Waals surface area contributed by atoms with E-state index in [0.29, 0.717) is 29.5 Å². The summed E-state index contributed by atoms with van der Waals surface area (Å²) in [5.41, 5.74) is 0.880. The Balaban J connectivity index is 1.47. The molecule has 0 bridgehead atoms. The van der Waals surface area contributed by atoms with E-state index in [1.54, 1.807) is 12.1 Å². The van der Waals surface area contributed by atoms with Crippen molar-refractivity contribution in [3.05, 3.63) is 39.8 Å². The van der Waals surface area contributed by atoms with Gasteiger partial charge in [-0.1, -0.05) is 6.07 Å². The number of carbonyl (C=O) groups is 2. The lowest BCUT2D eigenvalue weighted by Crippen LogP contribution is -2.27. The standard InChI is InChI=1S/C15H14N2O5S/c18-13(6-9-1-2-11-12(5-9)22-8-21-11)16-4-3-14-17-10(7-23-14)15(19)20/h1-2,5,7H,3-4,6,8H2,(H,16,18)(H,19,20). The smallest absolute Gasteiger partial charge is 0.355 e. The van der Waals surface area contributed by atoms with E-state index in [-0.39, 0.29) is 24.8 Å². The summed E-state index contributed by atoms with van der Waals surface area (Å²) < 4.78 is 10.5. The van der Waals surface area contributed by atoms with Crippen LogP contribution in [0.15, 0.2) is 23.6 Å². The topological polar surface area (TPSA) is 97.8 Å². The Kier molecular flexibility index (Phi) is 4.42. The van der Waals surface area contributed by atoms with E-state index < -0.39 is 5.97 Å². The maximum absolute atomic E-state index is 11.9. The number of nitrogens with zero attached hydrogens (tertiary/aromatic N) is 1. The van der Waals surface area contributed by atoms with E-state index in [0.717, 1.165) is 5.56 Å². The summed E-state index contributed by atoms with van der Waals surface area (Å²) in [6.45, 7) is 0.618. The SMILES string of the molecule is O=C(Cc1ccc2c(c1)OCO2)NCCc1nc(C(=O)O)cs1.